The molecular weight excluding hydrogens is 408 g/mol. The summed E-state index contributed by atoms with van der Waals surface area (Å²) >= 11 is 1.57. The maximum Gasteiger partial charge on any atom is 0.511 e. The fourth-order valence-corrected chi connectivity index (χ4v) is 6.24. The van der Waals surface area contributed by atoms with Crippen molar-refractivity contribution in [3.63, 3.8) is 0 Å². The minimum atomic E-state index is -1.32. The number of thioether (sulfide) groups is 1. The molecule has 1 aliphatic heterocycles. The second-order valence-electron chi connectivity index (χ2n) is 8.51. The van der Waals surface area contributed by atoms with E-state index in [2.05, 4.69) is 4.90 Å². The normalized spacial score (nSPS) is 25.3. The molecule has 4 nitrogen and oxygen atoms in total. The first-order valence-electron chi connectivity index (χ1n) is 10.6. The van der Waals surface area contributed by atoms with Gasteiger partial charge in [-0.15, -0.1) is 11.8 Å². The summed E-state index contributed by atoms with van der Waals surface area (Å²) in [4.78, 5) is 13.4. The third-order valence-electron chi connectivity index (χ3n) is 6.40. The van der Waals surface area contributed by atoms with E-state index in [1.165, 1.54) is 37.8 Å². The first-order valence-corrected chi connectivity index (χ1v) is 11.6. The van der Waals surface area contributed by atoms with Gasteiger partial charge in [-0.05, 0) is 79.4 Å². The van der Waals surface area contributed by atoms with Gasteiger partial charge in [0.25, 0.3) is 0 Å². The van der Waals surface area contributed by atoms with Crippen LogP contribution >= 0.6 is 11.8 Å². The molecule has 2 aliphatic carbocycles. The molecule has 0 amide bonds. The number of carboxylic acid groups (broad SMARTS) is 1. The van der Waals surface area contributed by atoms with Gasteiger partial charge in [0.1, 0.15) is 16.7 Å². The summed E-state index contributed by atoms with van der Waals surface area (Å²) in [6.45, 7) is 1.67. The van der Waals surface area contributed by atoms with Gasteiger partial charge in [-0.1, -0.05) is 12.5 Å². The molecule has 7 heteroatoms. The average Bonchev–Trinajstić information content (AvgIpc) is 3.29. The number of ether oxygens (including phenoxy) is 1. The highest BCUT2D eigenvalue weighted by atomic mass is 32.2. The number of allylic oxidation sites excluding steroid dienone is 1. The highest BCUT2D eigenvalue weighted by molar-refractivity contribution is 8.03. The first kappa shape index (κ1) is 21.2. The van der Waals surface area contributed by atoms with Gasteiger partial charge < -0.3 is 14.7 Å². The molecule has 4 rings (SSSR count). The molecule has 1 aromatic rings. The van der Waals surface area contributed by atoms with E-state index < -0.39 is 17.8 Å². The molecule has 1 aromatic carbocycles. The molecule has 0 radical (unpaired) electrons. The van der Waals surface area contributed by atoms with Crippen LogP contribution in [0, 0.1) is 29.4 Å². The van der Waals surface area contributed by atoms with Crippen LogP contribution in [0.25, 0.3) is 0 Å². The van der Waals surface area contributed by atoms with Gasteiger partial charge in [-0.25, -0.2) is 13.6 Å². The quantitative estimate of drug-likeness (QED) is 0.413. The third-order valence-corrected chi connectivity index (χ3v) is 7.63. The van der Waals surface area contributed by atoms with Crippen LogP contribution in [0.3, 0.4) is 0 Å². The second-order valence-corrected chi connectivity index (χ2v) is 9.59. The lowest BCUT2D eigenvalue weighted by molar-refractivity contribution is 0.118. The lowest BCUT2D eigenvalue weighted by atomic mass is 9.88. The van der Waals surface area contributed by atoms with Crippen molar-refractivity contribution in [2.24, 2.45) is 17.8 Å². The summed E-state index contributed by atoms with van der Waals surface area (Å²) in [6, 6.07) is 3.59. The minimum Gasteiger partial charge on any atom is -0.449 e. The molecule has 1 heterocycles. The largest absolute Gasteiger partial charge is 0.511 e. The lowest BCUT2D eigenvalue weighted by Gasteiger charge is -2.34. The number of benzene rings is 1. The van der Waals surface area contributed by atoms with Gasteiger partial charge >= 0.3 is 6.16 Å². The Labute approximate surface area is 180 Å². The van der Waals surface area contributed by atoms with Gasteiger partial charge in [-0.3, -0.25) is 0 Å². The number of hydrogen-bond donors (Lipinski definition) is 1. The van der Waals surface area contributed by atoms with Crippen molar-refractivity contribution in [3.05, 3.63) is 58.3 Å². The molecule has 162 valence electrons. The number of rotatable bonds is 8. The number of hydrogen-bond acceptors (Lipinski definition) is 4. The number of fused-ring (bicyclic) bond motifs is 2. The Morgan fingerprint density at radius 3 is 2.67 bits per heavy atom. The van der Waals surface area contributed by atoms with Gasteiger partial charge in [0.05, 0.1) is 0 Å². The molecule has 0 aromatic heterocycles. The molecule has 2 fully saturated rings. The van der Waals surface area contributed by atoms with Crippen LogP contribution in [-0.2, 0) is 11.2 Å². The number of carbonyl (C=O) groups is 1. The van der Waals surface area contributed by atoms with E-state index in [1.807, 2.05) is 6.08 Å². The fourth-order valence-electron chi connectivity index (χ4n) is 5.17. The Morgan fingerprint density at radius 1 is 1.20 bits per heavy atom. The van der Waals surface area contributed by atoms with Crippen molar-refractivity contribution in [2.45, 2.75) is 38.5 Å². The van der Waals surface area contributed by atoms with E-state index in [0.29, 0.717) is 29.4 Å². The predicted molar refractivity (Wildman–Crippen MR) is 113 cm³/mol. The zero-order valence-corrected chi connectivity index (χ0v) is 17.7. The van der Waals surface area contributed by atoms with E-state index in [1.54, 1.807) is 17.8 Å². The number of nitrogens with zero attached hydrogens (tertiary/aromatic N) is 1. The SMILES string of the molecule is O=C(O)OC1=C(SCCCc2cc(F)cc(F)c2)N(CC2CC3CCC2C3)CC=C1. The van der Waals surface area contributed by atoms with Crippen molar-refractivity contribution >= 4 is 17.9 Å². The minimum absolute atomic E-state index is 0.374. The van der Waals surface area contributed by atoms with Gasteiger partial charge in [0.2, 0.25) is 0 Å². The Bertz CT molecular complexity index is 837. The average molecular weight is 436 g/mol. The van der Waals surface area contributed by atoms with Crippen LogP contribution in [0.4, 0.5) is 13.6 Å². The molecule has 2 bridgehead atoms. The highest BCUT2D eigenvalue weighted by Gasteiger charge is 2.40. The monoisotopic (exact) mass is 435 g/mol. The standard InChI is InChI=1S/C23H27F2NO3S/c24-19-11-15(12-20(25)13-19)3-2-8-30-22-21(29-23(27)28)4-1-7-26(22)14-18-10-16-5-6-17(18)9-16/h1,4,11-13,16-18H,2-3,5-10,14H2,(H,27,28). The van der Waals surface area contributed by atoms with Crippen molar-refractivity contribution in [1.82, 2.24) is 4.90 Å². The van der Waals surface area contributed by atoms with Crippen LogP contribution in [0.1, 0.15) is 37.7 Å². The first-order chi connectivity index (χ1) is 14.5. The second kappa shape index (κ2) is 9.41. The van der Waals surface area contributed by atoms with E-state index in [4.69, 9.17) is 9.84 Å². The zero-order chi connectivity index (χ0) is 21.1. The lowest BCUT2D eigenvalue weighted by Crippen LogP contribution is -2.33. The maximum atomic E-state index is 13.4. The molecule has 2 saturated carbocycles. The molecule has 30 heavy (non-hydrogen) atoms. The van der Waals surface area contributed by atoms with Crippen LogP contribution in [-0.4, -0.2) is 35.0 Å². The Hall–Kier alpha value is -2.02. The van der Waals surface area contributed by atoms with Crippen molar-refractivity contribution in [2.75, 3.05) is 18.8 Å². The number of aryl methyl sites for hydroxylation is 1. The van der Waals surface area contributed by atoms with Crippen LogP contribution in [0.5, 0.6) is 0 Å². The van der Waals surface area contributed by atoms with Crippen LogP contribution in [0.15, 0.2) is 41.1 Å². The smallest absolute Gasteiger partial charge is 0.449 e. The molecule has 0 spiro atoms. The van der Waals surface area contributed by atoms with Crippen molar-refractivity contribution in [3.8, 4) is 0 Å². The molecule has 1 N–H and O–H groups in total. The van der Waals surface area contributed by atoms with Crippen molar-refractivity contribution < 1.29 is 23.4 Å². The molecule has 3 aliphatic rings. The Morgan fingerprint density at radius 2 is 2.00 bits per heavy atom. The zero-order valence-electron chi connectivity index (χ0n) is 16.9. The fraction of sp³-hybridized carbons (Fsp3) is 0.522. The van der Waals surface area contributed by atoms with Crippen molar-refractivity contribution in [1.29, 1.82) is 0 Å². The number of halogens is 2. The van der Waals surface area contributed by atoms with Crippen LogP contribution in [0.2, 0.25) is 0 Å². The summed E-state index contributed by atoms with van der Waals surface area (Å²) in [7, 11) is 0. The predicted octanol–water partition coefficient (Wildman–Crippen LogP) is 5.80. The van der Waals surface area contributed by atoms with E-state index >= 15 is 0 Å². The van der Waals surface area contributed by atoms with Gasteiger partial charge in [0, 0.05) is 19.2 Å². The molecule has 3 unspecified atom stereocenters. The maximum absolute atomic E-state index is 13.4. The summed E-state index contributed by atoms with van der Waals surface area (Å²) in [6.07, 6.45) is 8.92. The third kappa shape index (κ3) is 5.17. The summed E-state index contributed by atoms with van der Waals surface area (Å²) in [5.41, 5.74) is 0.631. The molecule has 3 atom stereocenters. The molecular formula is C23H27F2NO3S. The van der Waals surface area contributed by atoms with Gasteiger partial charge in [0.15, 0.2) is 5.76 Å². The van der Waals surface area contributed by atoms with E-state index in [-0.39, 0.29) is 0 Å². The molecule has 0 saturated heterocycles. The Balaban J connectivity index is 1.39. The van der Waals surface area contributed by atoms with Gasteiger partial charge in [-0.2, -0.15) is 0 Å². The van der Waals surface area contributed by atoms with E-state index in [9.17, 15) is 13.6 Å². The summed E-state index contributed by atoms with van der Waals surface area (Å²) in [5, 5.41) is 9.98. The topological polar surface area (TPSA) is 49.8 Å². The van der Waals surface area contributed by atoms with Crippen LogP contribution < -0.4 is 0 Å². The highest BCUT2D eigenvalue weighted by Crippen LogP contribution is 2.49. The summed E-state index contributed by atoms with van der Waals surface area (Å²) < 4.78 is 31.8. The Kier molecular flexibility index (Phi) is 6.66. The van der Waals surface area contributed by atoms with E-state index in [0.717, 1.165) is 42.4 Å². The summed E-state index contributed by atoms with van der Waals surface area (Å²) in [5.74, 6) is 2.27.